The van der Waals surface area contributed by atoms with Gasteiger partial charge in [0, 0.05) is 37.9 Å². The van der Waals surface area contributed by atoms with E-state index in [1.54, 1.807) is 25.9 Å². The van der Waals surface area contributed by atoms with Gasteiger partial charge in [0.2, 0.25) is 5.91 Å². The lowest BCUT2D eigenvalue weighted by Gasteiger charge is -2.42. The van der Waals surface area contributed by atoms with E-state index in [1.807, 2.05) is 13.8 Å². The van der Waals surface area contributed by atoms with Crippen LogP contribution in [0.25, 0.3) is 0 Å². The van der Waals surface area contributed by atoms with Crippen molar-refractivity contribution in [3.8, 4) is 0 Å². The van der Waals surface area contributed by atoms with Gasteiger partial charge in [-0.05, 0) is 34.1 Å². The molecule has 1 aliphatic heterocycles. The molecule has 2 heterocycles. The van der Waals surface area contributed by atoms with Gasteiger partial charge in [-0.15, -0.1) is 0 Å². The van der Waals surface area contributed by atoms with Crippen LogP contribution in [-0.4, -0.2) is 59.3 Å². The molecule has 7 nitrogen and oxygen atoms in total. The largest absolute Gasteiger partial charge is 0.382 e. The number of nitrogens with one attached hydrogen (secondary N) is 1. The Hall–Kier alpha value is -1.73. The first-order valence-electron chi connectivity index (χ1n) is 8.23. The third-order valence-electron chi connectivity index (χ3n) is 4.12. The number of amides is 1. The fourth-order valence-corrected chi connectivity index (χ4v) is 3.19. The van der Waals surface area contributed by atoms with Gasteiger partial charge in [0.15, 0.2) is 0 Å². The molecule has 0 spiro atoms. The number of aromatic amines is 1. The molecule has 1 aromatic heterocycles. The fourth-order valence-electron chi connectivity index (χ4n) is 3.19. The average Bonchev–Trinajstić information content (AvgIpc) is 2.44. The summed E-state index contributed by atoms with van der Waals surface area (Å²) in [6.45, 7) is 8.98. The van der Waals surface area contributed by atoms with Crippen LogP contribution in [0.2, 0.25) is 0 Å². The predicted molar refractivity (Wildman–Crippen MR) is 90.1 cm³/mol. The summed E-state index contributed by atoms with van der Waals surface area (Å²) in [5, 5.41) is 0. The number of aromatic nitrogens is 2. The van der Waals surface area contributed by atoms with Crippen molar-refractivity contribution in [2.24, 2.45) is 0 Å². The first-order valence-corrected chi connectivity index (χ1v) is 8.23. The van der Waals surface area contributed by atoms with Crippen LogP contribution in [0.3, 0.4) is 0 Å². The topological polar surface area (TPSA) is 84.5 Å². The highest BCUT2D eigenvalue weighted by molar-refractivity contribution is 5.76. The van der Waals surface area contributed by atoms with Crippen LogP contribution in [0.15, 0.2) is 4.79 Å². The van der Waals surface area contributed by atoms with Gasteiger partial charge in [-0.2, -0.15) is 0 Å². The number of carbonyl (C=O) groups excluding carboxylic acids is 1. The molecule has 7 heteroatoms. The van der Waals surface area contributed by atoms with E-state index in [9.17, 15) is 9.59 Å². The molecule has 1 aliphatic rings. The zero-order valence-electron chi connectivity index (χ0n) is 15.1. The van der Waals surface area contributed by atoms with Gasteiger partial charge in [-0.3, -0.25) is 9.59 Å². The molecular formula is C17H27N3O4. The van der Waals surface area contributed by atoms with Gasteiger partial charge in [0.1, 0.15) is 5.82 Å². The Bertz CT molecular complexity index is 654. The Morgan fingerprint density at radius 1 is 1.46 bits per heavy atom. The van der Waals surface area contributed by atoms with E-state index in [1.165, 1.54) is 0 Å². The van der Waals surface area contributed by atoms with Crippen LogP contribution < -0.4 is 5.56 Å². The normalized spacial score (nSPS) is 20.2. The number of aryl methyl sites for hydroxylation is 2. The van der Waals surface area contributed by atoms with E-state index in [0.29, 0.717) is 43.2 Å². The quantitative estimate of drug-likeness (QED) is 0.865. The molecular weight excluding hydrogens is 310 g/mol. The standard InChI is InChI=1S/C17H27N3O4/c1-11-14(16(22)19-12(2)18-11)6-7-15(21)20-8-13(9-23-5)24-17(3,4)10-20/h13H,6-10H2,1-5H3,(H,18,19,22)/t13-/m1/s1. The van der Waals surface area contributed by atoms with Crippen LogP contribution in [-0.2, 0) is 20.7 Å². The van der Waals surface area contributed by atoms with Crippen LogP contribution in [0.5, 0.6) is 0 Å². The summed E-state index contributed by atoms with van der Waals surface area (Å²) in [6, 6.07) is 0. The maximum Gasteiger partial charge on any atom is 0.254 e. The minimum absolute atomic E-state index is 0.0202. The second kappa shape index (κ2) is 7.44. The third kappa shape index (κ3) is 4.64. The minimum atomic E-state index is -0.407. The highest BCUT2D eigenvalue weighted by Gasteiger charge is 2.35. The lowest BCUT2D eigenvalue weighted by Crippen LogP contribution is -2.55. The zero-order valence-corrected chi connectivity index (χ0v) is 15.1. The Labute approximate surface area is 142 Å². The van der Waals surface area contributed by atoms with Crippen molar-refractivity contribution in [1.29, 1.82) is 0 Å². The van der Waals surface area contributed by atoms with Gasteiger partial charge in [-0.1, -0.05) is 0 Å². The number of rotatable bonds is 5. The highest BCUT2D eigenvalue weighted by Crippen LogP contribution is 2.22. The predicted octanol–water partition coefficient (Wildman–Crippen LogP) is 0.972. The van der Waals surface area contributed by atoms with Crippen molar-refractivity contribution in [2.45, 2.75) is 52.2 Å². The Balaban J connectivity index is 2.03. The molecule has 0 saturated carbocycles. The van der Waals surface area contributed by atoms with Gasteiger partial charge >= 0.3 is 0 Å². The van der Waals surface area contributed by atoms with Gasteiger partial charge in [0.25, 0.3) is 5.56 Å². The van der Waals surface area contributed by atoms with Crippen molar-refractivity contribution in [3.05, 3.63) is 27.4 Å². The van der Waals surface area contributed by atoms with Crippen molar-refractivity contribution < 1.29 is 14.3 Å². The third-order valence-corrected chi connectivity index (χ3v) is 4.12. The first-order chi connectivity index (χ1) is 11.2. The Morgan fingerprint density at radius 2 is 2.17 bits per heavy atom. The van der Waals surface area contributed by atoms with Crippen molar-refractivity contribution in [1.82, 2.24) is 14.9 Å². The number of morpholine rings is 1. The van der Waals surface area contributed by atoms with Crippen LogP contribution >= 0.6 is 0 Å². The summed E-state index contributed by atoms with van der Waals surface area (Å²) in [7, 11) is 1.62. The van der Waals surface area contributed by atoms with Crippen molar-refractivity contribution in [2.75, 3.05) is 26.8 Å². The number of ether oxygens (including phenoxy) is 2. The summed E-state index contributed by atoms with van der Waals surface area (Å²) < 4.78 is 11.1. The Morgan fingerprint density at radius 3 is 2.79 bits per heavy atom. The first kappa shape index (κ1) is 18.6. The molecule has 1 N–H and O–H groups in total. The number of hydrogen-bond acceptors (Lipinski definition) is 5. The molecule has 0 unspecified atom stereocenters. The maximum atomic E-state index is 12.6. The second-order valence-electron chi connectivity index (χ2n) is 6.94. The number of nitrogens with zero attached hydrogens (tertiary/aromatic N) is 2. The number of carbonyl (C=O) groups is 1. The fraction of sp³-hybridized carbons (Fsp3) is 0.706. The average molecular weight is 337 g/mol. The molecule has 1 fully saturated rings. The number of H-pyrrole nitrogens is 1. The van der Waals surface area contributed by atoms with E-state index in [4.69, 9.17) is 9.47 Å². The molecule has 24 heavy (non-hydrogen) atoms. The van der Waals surface area contributed by atoms with Gasteiger partial charge < -0.3 is 19.4 Å². The van der Waals surface area contributed by atoms with Gasteiger partial charge in [-0.25, -0.2) is 4.98 Å². The molecule has 1 amide bonds. The van der Waals surface area contributed by atoms with E-state index in [0.717, 1.165) is 0 Å². The lowest BCUT2D eigenvalue weighted by atomic mass is 10.0. The van der Waals surface area contributed by atoms with Crippen molar-refractivity contribution >= 4 is 5.91 Å². The van der Waals surface area contributed by atoms with E-state index >= 15 is 0 Å². The van der Waals surface area contributed by atoms with Crippen LogP contribution in [0.4, 0.5) is 0 Å². The molecule has 0 radical (unpaired) electrons. The molecule has 134 valence electrons. The number of hydrogen-bond donors (Lipinski definition) is 1. The molecule has 1 saturated heterocycles. The Kier molecular flexibility index (Phi) is 5.77. The molecule has 2 rings (SSSR count). The van der Waals surface area contributed by atoms with Crippen LogP contribution in [0, 0.1) is 13.8 Å². The summed E-state index contributed by atoms with van der Waals surface area (Å²) in [5.74, 6) is 0.608. The van der Waals surface area contributed by atoms with Gasteiger partial charge in [0.05, 0.1) is 18.3 Å². The molecule has 1 aromatic rings. The summed E-state index contributed by atoms with van der Waals surface area (Å²) in [5.41, 5.74) is 0.696. The maximum absolute atomic E-state index is 12.6. The SMILES string of the molecule is COC[C@H]1CN(C(=O)CCc2c(C)nc(C)[nH]c2=O)CC(C)(C)O1. The molecule has 0 aliphatic carbocycles. The zero-order chi connectivity index (χ0) is 17.9. The summed E-state index contributed by atoms with van der Waals surface area (Å²) in [6.07, 6.45) is 0.540. The monoisotopic (exact) mass is 337 g/mol. The second-order valence-corrected chi connectivity index (χ2v) is 6.94. The lowest BCUT2D eigenvalue weighted by molar-refractivity contribution is -0.168. The van der Waals surface area contributed by atoms with Crippen molar-refractivity contribution in [3.63, 3.8) is 0 Å². The van der Waals surface area contributed by atoms with E-state index < -0.39 is 5.60 Å². The summed E-state index contributed by atoms with van der Waals surface area (Å²) in [4.78, 5) is 33.4. The summed E-state index contributed by atoms with van der Waals surface area (Å²) >= 11 is 0. The molecule has 0 bridgehead atoms. The molecule has 0 aromatic carbocycles. The highest BCUT2D eigenvalue weighted by atomic mass is 16.5. The number of methoxy groups -OCH3 is 1. The minimum Gasteiger partial charge on any atom is -0.382 e. The molecule has 1 atom stereocenters. The van der Waals surface area contributed by atoms with Crippen LogP contribution in [0.1, 0.15) is 37.4 Å². The van der Waals surface area contributed by atoms with E-state index in [2.05, 4.69) is 9.97 Å². The smallest absolute Gasteiger partial charge is 0.254 e. The van der Waals surface area contributed by atoms with E-state index in [-0.39, 0.29) is 24.0 Å².